The van der Waals surface area contributed by atoms with Crippen molar-refractivity contribution in [2.24, 2.45) is 5.92 Å². The molecule has 0 saturated carbocycles. The van der Waals surface area contributed by atoms with Gasteiger partial charge in [0.25, 0.3) is 0 Å². The molecule has 1 heteroatoms. The van der Waals surface area contributed by atoms with Crippen molar-refractivity contribution in [3.8, 4) is 0 Å². The highest BCUT2D eigenvalue weighted by molar-refractivity contribution is 6.20. The first-order valence-corrected chi connectivity index (χ1v) is 5.70. The van der Waals surface area contributed by atoms with Crippen LogP contribution in [0.5, 0.6) is 0 Å². The van der Waals surface area contributed by atoms with E-state index < -0.39 is 0 Å². The zero-order valence-electron chi connectivity index (χ0n) is 9.42. The van der Waals surface area contributed by atoms with Crippen molar-refractivity contribution in [1.82, 2.24) is 0 Å². The number of hydrogen-bond acceptors (Lipinski definition) is 0. The second kappa shape index (κ2) is 4.84. The lowest BCUT2D eigenvalue weighted by molar-refractivity contribution is 0.624. The first kappa shape index (κ1) is 11.6. The Bertz CT molecular complexity index is 272. The molecule has 0 fully saturated rings. The summed E-state index contributed by atoms with van der Waals surface area (Å²) in [5.41, 5.74) is 2.60. The third-order valence-corrected chi connectivity index (χ3v) is 3.26. The van der Waals surface area contributed by atoms with Crippen LogP contribution >= 0.6 is 11.6 Å². The predicted molar refractivity (Wildman–Crippen MR) is 64.0 cm³/mol. The Balaban J connectivity index is 2.83. The van der Waals surface area contributed by atoms with Crippen LogP contribution in [0, 0.1) is 5.92 Å². The molecule has 14 heavy (non-hydrogen) atoms. The van der Waals surface area contributed by atoms with E-state index in [9.17, 15) is 0 Å². The van der Waals surface area contributed by atoms with Crippen molar-refractivity contribution in [3.05, 3.63) is 35.4 Å². The first-order chi connectivity index (χ1) is 6.52. The van der Waals surface area contributed by atoms with Gasteiger partial charge in [-0.1, -0.05) is 52.0 Å². The van der Waals surface area contributed by atoms with E-state index in [2.05, 4.69) is 52.0 Å². The van der Waals surface area contributed by atoms with Gasteiger partial charge >= 0.3 is 0 Å². The lowest BCUT2D eigenvalue weighted by Gasteiger charge is -2.14. The van der Waals surface area contributed by atoms with Crippen molar-refractivity contribution in [1.29, 1.82) is 0 Å². The molecule has 78 valence electrons. The Morgan fingerprint density at radius 1 is 0.857 bits per heavy atom. The number of hydrogen-bond donors (Lipinski definition) is 0. The quantitative estimate of drug-likeness (QED) is 0.632. The Morgan fingerprint density at radius 3 is 1.64 bits per heavy atom. The Morgan fingerprint density at radius 2 is 1.29 bits per heavy atom. The topological polar surface area (TPSA) is 0 Å². The molecule has 1 rings (SSSR count). The second-order valence-electron chi connectivity index (χ2n) is 4.47. The Hall–Kier alpha value is -0.490. The van der Waals surface area contributed by atoms with E-state index in [1.807, 2.05) is 0 Å². The molecule has 1 unspecified atom stereocenters. The van der Waals surface area contributed by atoms with Crippen LogP contribution in [0.15, 0.2) is 24.3 Å². The normalized spacial score (nSPS) is 13.6. The van der Waals surface area contributed by atoms with Crippen LogP contribution in [0.3, 0.4) is 0 Å². The summed E-state index contributed by atoms with van der Waals surface area (Å²) in [6, 6.07) is 8.65. The van der Waals surface area contributed by atoms with Gasteiger partial charge in [0.2, 0.25) is 0 Å². The fourth-order valence-electron chi connectivity index (χ4n) is 1.45. The standard InChI is InChI=1S/C13H19Cl/c1-9(2)11-5-7-12(8-6-11)13(14)10(3)4/h5-10,13H,1-4H3. The van der Waals surface area contributed by atoms with Crippen LogP contribution in [0.2, 0.25) is 0 Å². The van der Waals surface area contributed by atoms with Gasteiger partial charge in [0, 0.05) is 0 Å². The second-order valence-corrected chi connectivity index (χ2v) is 4.94. The molecule has 0 heterocycles. The van der Waals surface area contributed by atoms with Gasteiger partial charge in [-0.15, -0.1) is 11.6 Å². The van der Waals surface area contributed by atoms with Gasteiger partial charge in [0.05, 0.1) is 5.38 Å². The molecule has 0 spiro atoms. The fourth-order valence-corrected chi connectivity index (χ4v) is 1.60. The zero-order valence-corrected chi connectivity index (χ0v) is 10.2. The van der Waals surface area contributed by atoms with Gasteiger partial charge in [0.15, 0.2) is 0 Å². The summed E-state index contributed by atoms with van der Waals surface area (Å²) in [5.74, 6) is 1.08. The minimum absolute atomic E-state index is 0.135. The lowest BCUT2D eigenvalue weighted by Crippen LogP contribution is -1.99. The Labute approximate surface area is 92.3 Å². The first-order valence-electron chi connectivity index (χ1n) is 5.26. The molecular weight excluding hydrogens is 192 g/mol. The highest BCUT2D eigenvalue weighted by atomic mass is 35.5. The summed E-state index contributed by atoms with van der Waals surface area (Å²) < 4.78 is 0. The van der Waals surface area contributed by atoms with Crippen LogP contribution in [-0.4, -0.2) is 0 Å². The monoisotopic (exact) mass is 210 g/mol. The van der Waals surface area contributed by atoms with E-state index in [0.717, 1.165) is 0 Å². The molecule has 1 aromatic rings. The molecule has 1 aromatic carbocycles. The molecule has 0 saturated heterocycles. The molecule has 0 nitrogen and oxygen atoms in total. The van der Waals surface area contributed by atoms with Crippen molar-refractivity contribution < 1.29 is 0 Å². The summed E-state index contributed by atoms with van der Waals surface area (Å²) in [6.45, 7) is 8.70. The number of benzene rings is 1. The van der Waals surface area contributed by atoms with Gasteiger partial charge < -0.3 is 0 Å². The molecule has 0 amide bonds. The minimum Gasteiger partial charge on any atom is -0.118 e. The van der Waals surface area contributed by atoms with Gasteiger partial charge in [-0.25, -0.2) is 0 Å². The predicted octanol–water partition coefficient (Wildman–Crippen LogP) is 4.75. The van der Waals surface area contributed by atoms with Crippen LogP contribution < -0.4 is 0 Å². The SMILES string of the molecule is CC(C)c1ccc(C(Cl)C(C)C)cc1. The average Bonchev–Trinajstić information content (AvgIpc) is 2.16. The Kier molecular flexibility index (Phi) is 4.00. The fraction of sp³-hybridized carbons (Fsp3) is 0.538. The maximum atomic E-state index is 6.27. The van der Waals surface area contributed by atoms with Crippen molar-refractivity contribution in [2.75, 3.05) is 0 Å². The van der Waals surface area contributed by atoms with Crippen LogP contribution in [0.4, 0.5) is 0 Å². The maximum absolute atomic E-state index is 6.27. The highest BCUT2D eigenvalue weighted by Crippen LogP contribution is 2.29. The molecule has 0 aromatic heterocycles. The van der Waals surface area contributed by atoms with E-state index in [0.29, 0.717) is 11.8 Å². The summed E-state index contributed by atoms with van der Waals surface area (Å²) in [6.07, 6.45) is 0. The lowest BCUT2D eigenvalue weighted by atomic mass is 9.97. The minimum atomic E-state index is 0.135. The molecule has 0 aliphatic carbocycles. The van der Waals surface area contributed by atoms with E-state index >= 15 is 0 Å². The molecule has 0 N–H and O–H groups in total. The van der Waals surface area contributed by atoms with Gasteiger partial charge in [-0.3, -0.25) is 0 Å². The van der Waals surface area contributed by atoms with Crippen LogP contribution in [-0.2, 0) is 0 Å². The number of halogens is 1. The van der Waals surface area contributed by atoms with Gasteiger partial charge in [0.1, 0.15) is 0 Å². The summed E-state index contributed by atoms with van der Waals surface area (Å²) in [7, 11) is 0. The average molecular weight is 211 g/mol. The number of alkyl halides is 1. The molecule has 0 bridgehead atoms. The largest absolute Gasteiger partial charge is 0.118 e. The molecule has 0 aliphatic heterocycles. The van der Waals surface area contributed by atoms with E-state index in [4.69, 9.17) is 11.6 Å². The van der Waals surface area contributed by atoms with Crippen LogP contribution in [0.25, 0.3) is 0 Å². The van der Waals surface area contributed by atoms with Crippen LogP contribution in [0.1, 0.15) is 50.1 Å². The van der Waals surface area contributed by atoms with Crippen molar-refractivity contribution in [3.63, 3.8) is 0 Å². The number of rotatable bonds is 3. The van der Waals surface area contributed by atoms with E-state index in [1.165, 1.54) is 11.1 Å². The van der Waals surface area contributed by atoms with Crippen molar-refractivity contribution >= 4 is 11.6 Å². The molecular formula is C13H19Cl. The molecule has 0 aliphatic rings. The van der Waals surface area contributed by atoms with Gasteiger partial charge in [-0.05, 0) is 23.0 Å². The summed E-state index contributed by atoms with van der Waals surface area (Å²) in [4.78, 5) is 0. The summed E-state index contributed by atoms with van der Waals surface area (Å²) in [5, 5.41) is 0.135. The van der Waals surface area contributed by atoms with Gasteiger partial charge in [-0.2, -0.15) is 0 Å². The third kappa shape index (κ3) is 2.75. The summed E-state index contributed by atoms with van der Waals surface area (Å²) >= 11 is 6.27. The zero-order chi connectivity index (χ0) is 10.7. The third-order valence-electron chi connectivity index (χ3n) is 2.51. The van der Waals surface area contributed by atoms with E-state index in [-0.39, 0.29) is 5.38 Å². The molecule has 0 radical (unpaired) electrons. The van der Waals surface area contributed by atoms with Crippen molar-refractivity contribution in [2.45, 2.75) is 39.0 Å². The highest BCUT2D eigenvalue weighted by Gasteiger charge is 2.11. The maximum Gasteiger partial charge on any atom is 0.0608 e. The smallest absolute Gasteiger partial charge is 0.0608 e. The van der Waals surface area contributed by atoms with E-state index in [1.54, 1.807) is 0 Å². The molecule has 1 atom stereocenters.